The third-order valence-corrected chi connectivity index (χ3v) is 8.25. The van der Waals surface area contributed by atoms with E-state index in [2.05, 4.69) is 56.1 Å². The minimum absolute atomic E-state index is 0.0464. The number of halogens is 5. The van der Waals surface area contributed by atoms with Crippen molar-refractivity contribution in [3.63, 3.8) is 0 Å². The predicted molar refractivity (Wildman–Crippen MR) is 195 cm³/mol. The second-order valence-corrected chi connectivity index (χ2v) is 12.3. The van der Waals surface area contributed by atoms with Gasteiger partial charge in [-0.3, -0.25) is 4.68 Å². The Hall–Kier alpha value is -3.39. The summed E-state index contributed by atoms with van der Waals surface area (Å²) in [6.07, 6.45) is 9.26. The number of hydrogen-bond acceptors (Lipinski definition) is 7. The first-order chi connectivity index (χ1) is 23.7. The fourth-order valence-corrected chi connectivity index (χ4v) is 5.80. The van der Waals surface area contributed by atoms with Gasteiger partial charge in [-0.1, -0.05) is 33.4 Å². The van der Waals surface area contributed by atoms with E-state index in [4.69, 9.17) is 5.41 Å². The van der Waals surface area contributed by atoms with Crippen LogP contribution < -0.4 is 16.0 Å². The molecule has 2 atom stereocenters. The fraction of sp³-hybridized carbons (Fsp3) is 0.667. The Morgan fingerprint density at radius 2 is 1.80 bits per heavy atom. The van der Waals surface area contributed by atoms with Crippen molar-refractivity contribution < 1.29 is 22.0 Å². The summed E-state index contributed by atoms with van der Waals surface area (Å²) in [6, 6.07) is 1.98. The van der Waals surface area contributed by atoms with Gasteiger partial charge in [0.1, 0.15) is 0 Å². The number of aromatic nitrogens is 4. The molecule has 2 aliphatic heterocycles. The molecule has 3 aliphatic rings. The van der Waals surface area contributed by atoms with Gasteiger partial charge in [-0.05, 0) is 90.4 Å². The molecule has 284 valence electrons. The van der Waals surface area contributed by atoms with Crippen LogP contribution in [0.3, 0.4) is 0 Å². The van der Waals surface area contributed by atoms with Gasteiger partial charge < -0.3 is 26.3 Å². The van der Waals surface area contributed by atoms with Crippen LogP contribution in [-0.2, 0) is 6.54 Å². The van der Waals surface area contributed by atoms with E-state index < -0.39 is 12.1 Å². The number of aromatic amines is 1. The molecule has 2 saturated heterocycles. The van der Waals surface area contributed by atoms with Crippen LogP contribution in [0.25, 0.3) is 6.08 Å². The molecule has 2 aromatic rings. The first kappa shape index (κ1) is 44.6. The molecule has 4 heterocycles. The lowest BCUT2D eigenvalue weighted by molar-refractivity contribution is -0.110. The summed E-state index contributed by atoms with van der Waals surface area (Å²) in [5.74, 6) is -1.90. The SMILES string of the molecule is C=C1CCCCN1.C=Cc1ccnn1CC.CC.CC(F)(F)F.CNC(c1cnc(/N=C(\C(C)=N)C2CCCCN2)[nH]1)C1CCC(F)(F)CC1. The molecule has 0 aromatic carbocycles. The molecular weight excluding hydrogens is 653 g/mol. The van der Waals surface area contributed by atoms with Gasteiger partial charge in [-0.15, -0.1) is 0 Å². The van der Waals surface area contributed by atoms with Crippen molar-refractivity contribution >= 4 is 23.4 Å². The number of H-pyrrole nitrogens is 1. The van der Waals surface area contributed by atoms with Gasteiger partial charge in [-0.25, -0.2) is 18.8 Å². The maximum Gasteiger partial charge on any atom is 0.386 e. The third-order valence-electron chi connectivity index (χ3n) is 8.25. The normalized spacial score (nSPS) is 19.7. The molecule has 2 aromatic heterocycles. The average molecular weight is 714 g/mol. The molecule has 5 rings (SSSR count). The second kappa shape index (κ2) is 23.2. The van der Waals surface area contributed by atoms with E-state index in [1.165, 1.54) is 25.0 Å². The van der Waals surface area contributed by atoms with Crippen molar-refractivity contribution in [1.82, 2.24) is 35.7 Å². The monoisotopic (exact) mass is 713 g/mol. The molecule has 1 aliphatic carbocycles. The zero-order valence-electron chi connectivity index (χ0n) is 30.8. The lowest BCUT2D eigenvalue weighted by atomic mass is 9.81. The Labute approximate surface area is 295 Å². The van der Waals surface area contributed by atoms with E-state index in [9.17, 15) is 22.0 Å². The molecule has 14 heteroatoms. The van der Waals surface area contributed by atoms with Crippen LogP contribution >= 0.6 is 0 Å². The summed E-state index contributed by atoms with van der Waals surface area (Å²) >= 11 is 0. The molecule has 0 spiro atoms. The number of nitrogens with zero attached hydrogens (tertiary/aromatic N) is 4. The summed E-state index contributed by atoms with van der Waals surface area (Å²) in [5.41, 5.74) is 4.31. The van der Waals surface area contributed by atoms with Crippen molar-refractivity contribution in [3.05, 3.63) is 48.7 Å². The molecule has 5 N–H and O–H groups in total. The van der Waals surface area contributed by atoms with Gasteiger partial charge in [0.15, 0.2) is 0 Å². The van der Waals surface area contributed by atoms with E-state index in [1.807, 2.05) is 31.6 Å². The second-order valence-electron chi connectivity index (χ2n) is 12.3. The largest absolute Gasteiger partial charge is 0.389 e. The fourth-order valence-electron chi connectivity index (χ4n) is 5.80. The molecule has 3 fully saturated rings. The summed E-state index contributed by atoms with van der Waals surface area (Å²) in [5, 5.41) is 22.0. The van der Waals surface area contributed by atoms with Crippen molar-refractivity contribution in [2.24, 2.45) is 10.9 Å². The number of imidazole rings is 1. The highest BCUT2D eigenvalue weighted by Crippen LogP contribution is 2.41. The third kappa shape index (κ3) is 17.5. The number of allylic oxidation sites excluding steroid dienone is 1. The molecule has 0 radical (unpaired) electrons. The number of rotatable bonds is 8. The summed E-state index contributed by atoms with van der Waals surface area (Å²) in [6.45, 7) is 18.4. The number of aryl methyl sites for hydroxylation is 1. The van der Waals surface area contributed by atoms with Crippen molar-refractivity contribution in [2.75, 3.05) is 20.1 Å². The van der Waals surface area contributed by atoms with Crippen LogP contribution in [0.4, 0.5) is 27.9 Å². The van der Waals surface area contributed by atoms with Crippen LogP contribution in [0, 0.1) is 11.3 Å². The number of hydrogen-bond donors (Lipinski definition) is 5. The topological polar surface area (TPSA) is 119 Å². The Morgan fingerprint density at radius 1 is 1.16 bits per heavy atom. The van der Waals surface area contributed by atoms with E-state index >= 15 is 0 Å². The standard InChI is InChI=1S/C19H30F2N6.C7H10N2.C6H11N.C2H3F3.C2H6/c1-12(22)16(14-5-3-4-10-24-14)27-18-25-11-15(26-18)17(23-2)13-6-8-19(20,21)9-7-13;1-3-7-5-6-8-9(7)4-2;1-6-4-2-3-5-7-6;1-2(3,4)5;1-2/h11,13-14,17,22-24H,3-10H2,1-2H3,(H,25,26);3,5-6H,1,4H2,2H3;7H,1-5H2;1H3;1-2H3/b22-12?,27-16+;;;;. The zero-order valence-corrected chi connectivity index (χ0v) is 30.8. The highest BCUT2D eigenvalue weighted by atomic mass is 19.4. The Kier molecular flexibility index (Phi) is 20.7. The quantitative estimate of drug-likeness (QED) is 0.138. The summed E-state index contributed by atoms with van der Waals surface area (Å²) in [7, 11) is 1.85. The van der Waals surface area contributed by atoms with Crippen molar-refractivity contribution in [2.45, 2.75) is 130 Å². The Balaban J connectivity index is 0.000000438. The van der Waals surface area contributed by atoms with Gasteiger partial charge in [0.25, 0.3) is 0 Å². The lowest BCUT2D eigenvalue weighted by Crippen LogP contribution is -2.43. The maximum atomic E-state index is 13.5. The summed E-state index contributed by atoms with van der Waals surface area (Å²) in [4.78, 5) is 12.2. The van der Waals surface area contributed by atoms with Gasteiger partial charge in [0.05, 0.1) is 41.1 Å². The van der Waals surface area contributed by atoms with E-state index in [-0.39, 0.29) is 37.8 Å². The van der Waals surface area contributed by atoms with Gasteiger partial charge in [0, 0.05) is 44.7 Å². The van der Waals surface area contributed by atoms with Gasteiger partial charge in [0.2, 0.25) is 11.9 Å². The van der Waals surface area contributed by atoms with Crippen LogP contribution in [-0.4, -0.2) is 69.4 Å². The molecule has 1 saturated carbocycles. The Morgan fingerprint density at radius 3 is 2.24 bits per heavy atom. The highest BCUT2D eigenvalue weighted by Gasteiger charge is 2.38. The zero-order chi connectivity index (χ0) is 37.7. The van der Waals surface area contributed by atoms with Gasteiger partial charge in [-0.2, -0.15) is 18.3 Å². The van der Waals surface area contributed by atoms with Crippen LogP contribution in [0.2, 0.25) is 0 Å². The molecule has 50 heavy (non-hydrogen) atoms. The van der Waals surface area contributed by atoms with Crippen LogP contribution in [0.5, 0.6) is 0 Å². The number of aliphatic imine (C=N–C) groups is 1. The smallest absolute Gasteiger partial charge is 0.386 e. The molecular formula is C36H60F5N9. The van der Waals surface area contributed by atoms with Crippen molar-refractivity contribution in [3.8, 4) is 0 Å². The van der Waals surface area contributed by atoms with E-state index in [0.29, 0.717) is 30.2 Å². The molecule has 9 nitrogen and oxygen atoms in total. The maximum absolute atomic E-state index is 13.5. The first-order valence-corrected chi connectivity index (χ1v) is 17.8. The highest BCUT2D eigenvalue weighted by molar-refractivity contribution is 6.42. The van der Waals surface area contributed by atoms with E-state index in [0.717, 1.165) is 50.3 Å². The summed E-state index contributed by atoms with van der Waals surface area (Å²) < 4.78 is 59.9. The lowest BCUT2D eigenvalue weighted by Gasteiger charge is -2.33. The number of alkyl halides is 5. The minimum Gasteiger partial charge on any atom is -0.389 e. The predicted octanol–water partition coefficient (Wildman–Crippen LogP) is 9.16. The first-order valence-electron chi connectivity index (χ1n) is 17.8. The van der Waals surface area contributed by atoms with Crippen molar-refractivity contribution in [1.29, 1.82) is 5.41 Å². The molecule has 2 unspecified atom stereocenters. The Bertz CT molecular complexity index is 1270. The number of piperidine rings is 2. The number of nitrogens with one attached hydrogen (secondary N) is 5. The van der Waals surface area contributed by atoms with E-state index in [1.54, 1.807) is 25.4 Å². The average Bonchev–Trinajstić information content (AvgIpc) is 3.76. The minimum atomic E-state index is -4.00. The van der Waals surface area contributed by atoms with Crippen LogP contribution in [0.1, 0.15) is 116 Å². The molecule has 0 bridgehead atoms. The molecule has 0 amide bonds. The van der Waals surface area contributed by atoms with Gasteiger partial charge >= 0.3 is 6.18 Å². The van der Waals surface area contributed by atoms with Crippen LogP contribution in [0.15, 0.2) is 42.3 Å².